The van der Waals surface area contributed by atoms with Crippen molar-refractivity contribution in [1.29, 1.82) is 0 Å². The molecule has 2 nitrogen and oxygen atoms in total. The van der Waals surface area contributed by atoms with E-state index in [1.807, 2.05) is 36.4 Å². The van der Waals surface area contributed by atoms with Crippen molar-refractivity contribution in [3.63, 3.8) is 0 Å². The van der Waals surface area contributed by atoms with E-state index in [4.69, 9.17) is 12.2 Å². The summed E-state index contributed by atoms with van der Waals surface area (Å²) in [7, 11) is 0. The number of halogens is 1. The maximum Gasteiger partial charge on any atom is 0.171 e. The quantitative estimate of drug-likeness (QED) is 0.632. The summed E-state index contributed by atoms with van der Waals surface area (Å²) in [5.41, 5.74) is 3.72. The molecule has 0 saturated carbocycles. The molecule has 0 aromatic heterocycles. The zero-order valence-corrected chi connectivity index (χ0v) is 14.7. The summed E-state index contributed by atoms with van der Waals surface area (Å²) in [5, 5.41) is 6.62. The summed E-state index contributed by atoms with van der Waals surface area (Å²) in [5.74, 6) is -0.335. The van der Waals surface area contributed by atoms with Gasteiger partial charge in [-0.1, -0.05) is 72.3 Å². The number of aryl methyl sites for hydroxylation is 1. The molecule has 2 N–H and O–H groups in total. The average molecular weight is 350 g/mol. The van der Waals surface area contributed by atoms with Crippen LogP contribution in [0.4, 0.5) is 10.1 Å². The molecule has 126 valence electrons. The first kappa shape index (κ1) is 17.1. The minimum absolute atomic E-state index is 0.118. The monoisotopic (exact) mass is 350 g/mol. The summed E-state index contributed by atoms with van der Waals surface area (Å²) in [6.45, 7) is 2.06. The Balaban J connectivity index is 1.85. The molecule has 25 heavy (non-hydrogen) atoms. The van der Waals surface area contributed by atoms with E-state index in [0.29, 0.717) is 10.8 Å². The summed E-state index contributed by atoms with van der Waals surface area (Å²) >= 11 is 5.42. The minimum Gasteiger partial charge on any atom is -0.352 e. The van der Waals surface area contributed by atoms with Crippen LogP contribution in [0.5, 0.6) is 0 Å². The van der Waals surface area contributed by atoms with Crippen LogP contribution < -0.4 is 10.6 Å². The van der Waals surface area contributed by atoms with E-state index in [-0.39, 0.29) is 11.9 Å². The van der Waals surface area contributed by atoms with Crippen LogP contribution in [0.15, 0.2) is 78.9 Å². The second-order valence-electron chi connectivity index (χ2n) is 5.84. The Morgan fingerprint density at radius 2 is 1.56 bits per heavy atom. The number of nitrogens with one attached hydrogen (secondary N) is 2. The first-order chi connectivity index (χ1) is 12.1. The number of benzene rings is 3. The fourth-order valence-electron chi connectivity index (χ4n) is 2.71. The van der Waals surface area contributed by atoms with E-state index in [1.54, 1.807) is 18.2 Å². The molecule has 0 heterocycles. The second kappa shape index (κ2) is 7.90. The van der Waals surface area contributed by atoms with Crippen LogP contribution in [0.2, 0.25) is 0 Å². The van der Waals surface area contributed by atoms with Gasteiger partial charge < -0.3 is 10.6 Å². The zero-order valence-electron chi connectivity index (χ0n) is 13.9. The van der Waals surface area contributed by atoms with E-state index in [9.17, 15) is 4.39 Å². The lowest BCUT2D eigenvalue weighted by molar-refractivity contribution is 0.632. The fraction of sp³-hybridized carbons (Fsp3) is 0.0952. The summed E-state index contributed by atoms with van der Waals surface area (Å²) < 4.78 is 13.8. The smallest absolute Gasteiger partial charge is 0.171 e. The van der Waals surface area contributed by atoms with Crippen molar-refractivity contribution in [2.24, 2.45) is 0 Å². The van der Waals surface area contributed by atoms with Gasteiger partial charge in [-0.3, -0.25) is 0 Å². The van der Waals surface area contributed by atoms with Crippen LogP contribution in [-0.2, 0) is 0 Å². The second-order valence-corrected chi connectivity index (χ2v) is 6.24. The Labute approximate surface area is 152 Å². The summed E-state index contributed by atoms with van der Waals surface area (Å²) in [6.07, 6.45) is 0. The molecule has 3 rings (SSSR count). The first-order valence-electron chi connectivity index (χ1n) is 8.07. The van der Waals surface area contributed by atoms with Crippen molar-refractivity contribution >= 4 is 23.0 Å². The molecule has 0 aliphatic rings. The molecule has 0 amide bonds. The fourth-order valence-corrected chi connectivity index (χ4v) is 2.93. The van der Waals surface area contributed by atoms with Gasteiger partial charge in [-0.05, 0) is 42.4 Å². The normalized spacial score (nSPS) is 11.6. The van der Waals surface area contributed by atoms with E-state index >= 15 is 0 Å². The molecule has 1 atom stereocenters. The van der Waals surface area contributed by atoms with Crippen LogP contribution in [0.1, 0.15) is 22.7 Å². The van der Waals surface area contributed by atoms with E-state index in [2.05, 4.69) is 35.8 Å². The highest BCUT2D eigenvalue weighted by atomic mass is 32.1. The van der Waals surface area contributed by atoms with Crippen molar-refractivity contribution < 1.29 is 4.39 Å². The lowest BCUT2D eigenvalue weighted by atomic mass is 9.97. The van der Waals surface area contributed by atoms with Gasteiger partial charge in [-0.25, -0.2) is 4.39 Å². The Morgan fingerprint density at radius 3 is 2.28 bits per heavy atom. The molecule has 0 bridgehead atoms. The van der Waals surface area contributed by atoms with E-state index in [1.165, 1.54) is 11.6 Å². The zero-order chi connectivity index (χ0) is 17.6. The minimum atomic E-state index is -0.335. The molecule has 3 aromatic carbocycles. The Morgan fingerprint density at radius 1 is 0.880 bits per heavy atom. The SMILES string of the molecule is Cc1cccc([C@@H](NC(=S)Nc2ccccc2F)c2ccccc2)c1. The maximum atomic E-state index is 13.8. The van der Waals surface area contributed by atoms with Crippen molar-refractivity contribution in [3.8, 4) is 0 Å². The molecule has 0 saturated heterocycles. The number of hydrogen-bond donors (Lipinski definition) is 2. The van der Waals surface area contributed by atoms with Gasteiger partial charge in [0.2, 0.25) is 0 Å². The lowest BCUT2D eigenvalue weighted by Gasteiger charge is -2.22. The Kier molecular flexibility index (Phi) is 5.41. The first-order valence-corrected chi connectivity index (χ1v) is 8.48. The molecular weight excluding hydrogens is 331 g/mol. The lowest BCUT2D eigenvalue weighted by Crippen LogP contribution is -2.33. The van der Waals surface area contributed by atoms with E-state index < -0.39 is 0 Å². The van der Waals surface area contributed by atoms with Crippen molar-refractivity contribution in [1.82, 2.24) is 5.32 Å². The van der Waals surface area contributed by atoms with Crippen LogP contribution in [0.3, 0.4) is 0 Å². The van der Waals surface area contributed by atoms with Crippen LogP contribution in [-0.4, -0.2) is 5.11 Å². The predicted molar refractivity (Wildman–Crippen MR) is 105 cm³/mol. The third-order valence-corrected chi connectivity index (χ3v) is 4.13. The van der Waals surface area contributed by atoms with Crippen molar-refractivity contribution in [2.45, 2.75) is 13.0 Å². The van der Waals surface area contributed by atoms with Gasteiger partial charge in [-0.2, -0.15) is 0 Å². The van der Waals surface area contributed by atoms with Gasteiger partial charge in [0, 0.05) is 0 Å². The average Bonchev–Trinajstić information content (AvgIpc) is 2.62. The highest BCUT2D eigenvalue weighted by Gasteiger charge is 2.15. The van der Waals surface area contributed by atoms with Crippen LogP contribution in [0, 0.1) is 12.7 Å². The van der Waals surface area contributed by atoms with Crippen LogP contribution in [0.25, 0.3) is 0 Å². The van der Waals surface area contributed by atoms with Crippen molar-refractivity contribution in [3.05, 3.63) is 101 Å². The third kappa shape index (κ3) is 4.43. The van der Waals surface area contributed by atoms with E-state index in [0.717, 1.165) is 11.1 Å². The van der Waals surface area contributed by atoms with Gasteiger partial charge in [0.05, 0.1) is 11.7 Å². The number of thiocarbonyl (C=S) groups is 1. The molecule has 0 fully saturated rings. The highest BCUT2D eigenvalue weighted by Crippen LogP contribution is 2.23. The number of para-hydroxylation sites is 1. The topological polar surface area (TPSA) is 24.1 Å². The Hall–Kier alpha value is -2.72. The highest BCUT2D eigenvalue weighted by molar-refractivity contribution is 7.80. The van der Waals surface area contributed by atoms with Gasteiger partial charge in [0.1, 0.15) is 5.82 Å². The molecular formula is C21H19FN2S. The standard InChI is InChI=1S/C21H19FN2S/c1-15-8-7-11-17(14-15)20(16-9-3-2-4-10-16)24-21(25)23-19-13-6-5-12-18(19)22/h2-14,20H,1H3,(H2,23,24,25)/t20-/m0/s1. The largest absolute Gasteiger partial charge is 0.352 e. The molecule has 4 heteroatoms. The number of anilines is 1. The van der Waals surface area contributed by atoms with Gasteiger partial charge in [0.25, 0.3) is 0 Å². The number of hydrogen-bond acceptors (Lipinski definition) is 1. The van der Waals surface area contributed by atoms with Gasteiger partial charge in [-0.15, -0.1) is 0 Å². The summed E-state index contributed by atoms with van der Waals surface area (Å²) in [4.78, 5) is 0. The Bertz CT molecular complexity index is 865. The molecule has 0 aliphatic carbocycles. The molecule has 0 aliphatic heterocycles. The van der Waals surface area contributed by atoms with Gasteiger partial charge in [0.15, 0.2) is 5.11 Å². The van der Waals surface area contributed by atoms with Gasteiger partial charge >= 0.3 is 0 Å². The third-order valence-electron chi connectivity index (χ3n) is 3.91. The molecule has 0 radical (unpaired) electrons. The van der Waals surface area contributed by atoms with Crippen LogP contribution >= 0.6 is 12.2 Å². The molecule has 0 unspecified atom stereocenters. The molecule has 0 spiro atoms. The van der Waals surface area contributed by atoms with Crippen molar-refractivity contribution in [2.75, 3.05) is 5.32 Å². The number of rotatable bonds is 4. The molecule has 3 aromatic rings. The predicted octanol–water partition coefficient (Wildman–Crippen LogP) is 5.21. The summed E-state index contributed by atoms with van der Waals surface area (Å²) in [6, 6.07) is 24.7. The maximum absolute atomic E-state index is 13.8.